The Hall–Kier alpha value is -1.87. The van der Waals surface area contributed by atoms with Crippen molar-refractivity contribution in [2.24, 2.45) is 0 Å². The predicted molar refractivity (Wildman–Crippen MR) is 120 cm³/mol. The van der Waals surface area contributed by atoms with Crippen LogP contribution in [0.15, 0.2) is 0 Å². The smallest absolute Gasteiger partial charge is 0.411 e. The van der Waals surface area contributed by atoms with Crippen molar-refractivity contribution < 1.29 is 33.7 Å². The molecule has 186 valence electrons. The number of ether oxygens (including phenoxy) is 3. The fourth-order valence-electron chi connectivity index (χ4n) is 3.49. The van der Waals surface area contributed by atoms with Gasteiger partial charge in [-0.25, -0.2) is 9.59 Å². The van der Waals surface area contributed by atoms with E-state index in [1.54, 1.807) is 27.7 Å². The Kier molecular flexibility index (Phi) is 11.4. The molecule has 0 aromatic rings. The number of esters is 1. The summed E-state index contributed by atoms with van der Waals surface area (Å²) < 4.78 is 16.5. The first kappa shape index (κ1) is 28.2. The molecule has 2 amide bonds. The third-order valence-corrected chi connectivity index (χ3v) is 5.42. The van der Waals surface area contributed by atoms with Gasteiger partial charge in [-0.1, -0.05) is 26.7 Å². The molecular weight excluding hydrogens is 416 g/mol. The molecule has 0 aromatic heterocycles. The van der Waals surface area contributed by atoms with Crippen molar-refractivity contribution in [2.75, 3.05) is 26.4 Å². The van der Waals surface area contributed by atoms with Gasteiger partial charge in [0, 0.05) is 13.2 Å². The van der Waals surface area contributed by atoms with Crippen LogP contribution in [0.3, 0.4) is 0 Å². The van der Waals surface area contributed by atoms with Crippen LogP contribution >= 0.6 is 0 Å². The highest BCUT2D eigenvalue weighted by Gasteiger charge is 2.52. The first-order chi connectivity index (χ1) is 15.0. The van der Waals surface area contributed by atoms with E-state index in [1.807, 2.05) is 13.8 Å². The van der Waals surface area contributed by atoms with Crippen molar-refractivity contribution in [3.05, 3.63) is 0 Å². The third-order valence-electron chi connectivity index (χ3n) is 5.42. The molecule has 2 N–H and O–H groups in total. The van der Waals surface area contributed by atoms with Gasteiger partial charge in [0.25, 0.3) is 0 Å². The highest BCUT2D eigenvalue weighted by Crippen LogP contribution is 2.31. The monoisotopic (exact) mass is 458 g/mol. The summed E-state index contributed by atoms with van der Waals surface area (Å²) in [5.41, 5.74) is -2.25. The SMILES string of the molecule is CCCCOC(=O)[C@@H](NC(=O)[C@]1(CO)CCCN1C(=O)OC(C)(C)C)[C@@H](C)OCCCC. The molecule has 9 nitrogen and oxygen atoms in total. The molecule has 3 atom stereocenters. The summed E-state index contributed by atoms with van der Waals surface area (Å²) in [5, 5.41) is 12.9. The van der Waals surface area contributed by atoms with Crippen molar-refractivity contribution in [1.82, 2.24) is 10.2 Å². The molecule has 1 saturated heterocycles. The minimum atomic E-state index is -1.51. The van der Waals surface area contributed by atoms with E-state index in [0.29, 0.717) is 19.4 Å². The lowest BCUT2D eigenvalue weighted by Crippen LogP contribution is -2.63. The minimum Gasteiger partial charge on any atom is -0.464 e. The van der Waals surface area contributed by atoms with Crippen LogP contribution in [0.25, 0.3) is 0 Å². The number of rotatable bonds is 12. The molecule has 1 rings (SSSR count). The zero-order valence-electron chi connectivity index (χ0n) is 20.6. The average molecular weight is 459 g/mol. The van der Waals surface area contributed by atoms with Gasteiger partial charge in [-0.05, 0) is 53.4 Å². The second kappa shape index (κ2) is 13.0. The van der Waals surface area contributed by atoms with Crippen LogP contribution in [0, 0.1) is 0 Å². The number of amides is 2. The standard InChI is InChI=1S/C23H42N2O7/c1-7-9-14-30-17(3)18(19(27)31-15-10-8-2)24-20(28)23(16-26)12-11-13-25(23)21(29)32-22(4,5)6/h17-18,26H,7-16H2,1-6H3,(H,24,28)/t17-,18+,23-/m1/s1. The molecule has 0 spiro atoms. The van der Waals surface area contributed by atoms with E-state index >= 15 is 0 Å². The van der Waals surface area contributed by atoms with Crippen molar-refractivity contribution >= 4 is 18.0 Å². The Morgan fingerprint density at radius 3 is 2.31 bits per heavy atom. The van der Waals surface area contributed by atoms with Crippen LogP contribution < -0.4 is 5.32 Å². The number of unbranched alkanes of at least 4 members (excludes halogenated alkanes) is 2. The lowest BCUT2D eigenvalue weighted by Gasteiger charge is -2.37. The number of hydrogen-bond acceptors (Lipinski definition) is 7. The van der Waals surface area contributed by atoms with Gasteiger partial charge in [0.2, 0.25) is 5.91 Å². The zero-order valence-corrected chi connectivity index (χ0v) is 20.6. The van der Waals surface area contributed by atoms with Gasteiger partial charge in [-0.2, -0.15) is 0 Å². The number of aliphatic hydroxyl groups excluding tert-OH is 1. The molecule has 32 heavy (non-hydrogen) atoms. The average Bonchev–Trinajstić information content (AvgIpc) is 3.16. The molecule has 0 aromatic carbocycles. The molecule has 1 aliphatic rings. The van der Waals surface area contributed by atoms with Gasteiger partial charge >= 0.3 is 12.1 Å². The van der Waals surface area contributed by atoms with Crippen LogP contribution in [0.4, 0.5) is 4.79 Å². The van der Waals surface area contributed by atoms with Gasteiger partial charge in [0.1, 0.15) is 11.1 Å². The molecule has 0 saturated carbocycles. The van der Waals surface area contributed by atoms with E-state index < -0.39 is 47.9 Å². The van der Waals surface area contributed by atoms with Gasteiger partial charge in [0.15, 0.2) is 6.04 Å². The zero-order chi connectivity index (χ0) is 24.4. The molecule has 1 aliphatic heterocycles. The fraction of sp³-hybridized carbons (Fsp3) is 0.870. The van der Waals surface area contributed by atoms with Crippen LogP contribution in [-0.2, 0) is 23.8 Å². The van der Waals surface area contributed by atoms with E-state index in [-0.39, 0.29) is 19.6 Å². The molecule has 9 heteroatoms. The quantitative estimate of drug-likeness (QED) is 0.341. The van der Waals surface area contributed by atoms with Crippen LogP contribution in [0.2, 0.25) is 0 Å². The van der Waals surface area contributed by atoms with Gasteiger partial charge < -0.3 is 24.6 Å². The third kappa shape index (κ3) is 7.92. The minimum absolute atomic E-state index is 0.249. The molecule has 1 fully saturated rings. The summed E-state index contributed by atoms with van der Waals surface area (Å²) in [4.78, 5) is 40.1. The largest absolute Gasteiger partial charge is 0.464 e. The Balaban J connectivity index is 3.04. The van der Waals surface area contributed by atoms with E-state index in [2.05, 4.69) is 5.32 Å². The first-order valence-electron chi connectivity index (χ1n) is 11.7. The second-order valence-electron chi connectivity index (χ2n) is 9.33. The Bertz CT molecular complexity index is 620. The normalized spacial score (nSPS) is 20.5. The molecule has 0 aliphatic carbocycles. The number of nitrogens with one attached hydrogen (secondary N) is 1. The van der Waals surface area contributed by atoms with E-state index in [0.717, 1.165) is 19.3 Å². The molecule has 1 heterocycles. The molecule has 0 radical (unpaired) electrons. The van der Waals surface area contributed by atoms with Gasteiger partial charge in [0.05, 0.1) is 19.3 Å². The highest BCUT2D eigenvalue weighted by atomic mass is 16.6. The van der Waals surface area contributed by atoms with Crippen molar-refractivity contribution in [1.29, 1.82) is 0 Å². The maximum Gasteiger partial charge on any atom is 0.411 e. The Morgan fingerprint density at radius 2 is 1.75 bits per heavy atom. The van der Waals surface area contributed by atoms with E-state index in [1.165, 1.54) is 4.90 Å². The lowest BCUT2D eigenvalue weighted by molar-refractivity contribution is -0.154. The molecular formula is C23H42N2O7. The lowest BCUT2D eigenvalue weighted by atomic mass is 9.95. The van der Waals surface area contributed by atoms with Crippen LogP contribution in [-0.4, -0.2) is 77.6 Å². The van der Waals surface area contributed by atoms with Crippen molar-refractivity contribution in [2.45, 2.75) is 103 Å². The molecule has 0 bridgehead atoms. The second-order valence-corrected chi connectivity index (χ2v) is 9.33. The first-order valence-corrected chi connectivity index (χ1v) is 11.7. The maximum atomic E-state index is 13.4. The van der Waals surface area contributed by atoms with Crippen LogP contribution in [0.1, 0.15) is 80.1 Å². The topological polar surface area (TPSA) is 114 Å². The summed E-state index contributed by atoms with van der Waals surface area (Å²) >= 11 is 0. The Morgan fingerprint density at radius 1 is 1.12 bits per heavy atom. The number of hydrogen-bond donors (Lipinski definition) is 2. The van der Waals surface area contributed by atoms with Gasteiger partial charge in [-0.15, -0.1) is 0 Å². The van der Waals surface area contributed by atoms with Crippen molar-refractivity contribution in [3.63, 3.8) is 0 Å². The summed E-state index contributed by atoms with van der Waals surface area (Å²) in [6.45, 7) is 11.3. The maximum absolute atomic E-state index is 13.4. The van der Waals surface area contributed by atoms with Crippen molar-refractivity contribution in [3.8, 4) is 0 Å². The molecule has 0 unspecified atom stereocenters. The summed E-state index contributed by atoms with van der Waals surface area (Å²) in [6, 6.07) is -1.05. The number of carbonyl (C=O) groups is 3. The number of aliphatic hydroxyl groups is 1. The summed E-state index contributed by atoms with van der Waals surface area (Å²) in [7, 11) is 0. The number of likely N-dealkylation sites (tertiary alicyclic amines) is 1. The van der Waals surface area contributed by atoms with Gasteiger partial charge in [-0.3, -0.25) is 9.69 Å². The highest BCUT2D eigenvalue weighted by molar-refractivity contribution is 5.94. The predicted octanol–water partition coefficient (Wildman–Crippen LogP) is 2.78. The van der Waals surface area contributed by atoms with Crippen LogP contribution in [0.5, 0.6) is 0 Å². The Labute approximate surface area is 192 Å². The summed E-state index contributed by atoms with van der Waals surface area (Å²) in [6.07, 6.45) is 2.82. The van der Waals surface area contributed by atoms with E-state index in [4.69, 9.17) is 14.2 Å². The number of carbonyl (C=O) groups excluding carboxylic acids is 3. The van der Waals surface area contributed by atoms with E-state index in [9.17, 15) is 19.5 Å². The number of nitrogens with zero attached hydrogens (tertiary/aromatic N) is 1. The summed E-state index contributed by atoms with van der Waals surface area (Å²) in [5.74, 6) is -1.21. The fourth-order valence-corrected chi connectivity index (χ4v) is 3.49.